The molecule has 0 saturated carbocycles. The predicted octanol–water partition coefficient (Wildman–Crippen LogP) is 4.10. The Morgan fingerprint density at radius 1 is 1.03 bits per heavy atom. The van der Waals surface area contributed by atoms with Gasteiger partial charge in [0, 0.05) is 25.0 Å². The van der Waals surface area contributed by atoms with Crippen LogP contribution in [0.4, 0.5) is 18.9 Å². The van der Waals surface area contributed by atoms with Crippen LogP contribution < -0.4 is 10.9 Å². The first-order valence-corrected chi connectivity index (χ1v) is 9.06. The molecule has 0 radical (unpaired) electrons. The van der Waals surface area contributed by atoms with Crippen molar-refractivity contribution < 1.29 is 13.2 Å². The minimum atomic E-state index is -0.949. The summed E-state index contributed by atoms with van der Waals surface area (Å²) in [6.45, 7) is 0.164. The second-order valence-electron chi connectivity index (χ2n) is 6.29. The van der Waals surface area contributed by atoms with Gasteiger partial charge in [0.1, 0.15) is 22.3 Å². The van der Waals surface area contributed by atoms with Crippen LogP contribution in [-0.2, 0) is 6.54 Å². The van der Waals surface area contributed by atoms with Crippen molar-refractivity contribution in [2.45, 2.75) is 6.54 Å². The number of aromatic nitrogens is 4. The zero-order valence-corrected chi connectivity index (χ0v) is 15.9. The summed E-state index contributed by atoms with van der Waals surface area (Å²) in [5.41, 5.74) is 0.126. The Bertz CT molecular complexity index is 1270. The molecule has 10 heteroatoms. The van der Waals surface area contributed by atoms with Gasteiger partial charge in [0.05, 0.1) is 23.9 Å². The first kappa shape index (κ1) is 19.7. The van der Waals surface area contributed by atoms with Crippen molar-refractivity contribution in [3.63, 3.8) is 0 Å². The van der Waals surface area contributed by atoms with E-state index < -0.39 is 23.0 Å². The second-order valence-corrected chi connectivity index (χ2v) is 6.67. The SMILES string of the molecule is O=c1c(Cl)c(NCc2ccc(-n3ccnc3)c(F)c2)cnn1-c1ccc(F)cc1F. The number of imidazole rings is 1. The third kappa shape index (κ3) is 3.79. The molecule has 2 aromatic heterocycles. The fourth-order valence-electron chi connectivity index (χ4n) is 2.85. The highest BCUT2D eigenvalue weighted by Crippen LogP contribution is 2.20. The molecule has 0 spiro atoms. The second kappa shape index (κ2) is 8.03. The van der Waals surface area contributed by atoms with Crippen molar-refractivity contribution in [3.8, 4) is 11.4 Å². The highest BCUT2D eigenvalue weighted by molar-refractivity contribution is 6.32. The number of benzene rings is 2. The molecule has 0 saturated heterocycles. The summed E-state index contributed by atoms with van der Waals surface area (Å²) in [6, 6.07) is 7.40. The van der Waals surface area contributed by atoms with E-state index in [1.165, 1.54) is 18.6 Å². The summed E-state index contributed by atoms with van der Waals surface area (Å²) in [5.74, 6) is -2.17. The Morgan fingerprint density at radius 3 is 2.50 bits per heavy atom. The van der Waals surface area contributed by atoms with E-state index in [1.807, 2.05) is 0 Å². The number of nitrogens with one attached hydrogen (secondary N) is 1. The monoisotopic (exact) mass is 431 g/mol. The van der Waals surface area contributed by atoms with Crippen molar-refractivity contribution in [1.29, 1.82) is 0 Å². The summed E-state index contributed by atoms with van der Waals surface area (Å²) < 4.78 is 43.7. The number of anilines is 1. The smallest absolute Gasteiger partial charge is 0.292 e. The first-order valence-electron chi connectivity index (χ1n) is 8.68. The van der Waals surface area contributed by atoms with Crippen LogP contribution in [0, 0.1) is 17.5 Å². The van der Waals surface area contributed by atoms with E-state index in [9.17, 15) is 18.0 Å². The molecule has 1 N–H and O–H groups in total. The Balaban J connectivity index is 1.55. The average Bonchev–Trinajstić information content (AvgIpc) is 3.24. The molecule has 0 aliphatic rings. The summed E-state index contributed by atoms with van der Waals surface area (Å²) in [6.07, 6.45) is 5.90. The van der Waals surface area contributed by atoms with Gasteiger partial charge in [-0.15, -0.1) is 0 Å². The van der Waals surface area contributed by atoms with Crippen LogP contribution in [0.15, 0.2) is 66.1 Å². The van der Waals surface area contributed by atoms with Gasteiger partial charge in [0.25, 0.3) is 5.56 Å². The molecule has 0 bridgehead atoms. The lowest BCUT2D eigenvalue weighted by Gasteiger charge is -2.12. The zero-order chi connectivity index (χ0) is 21.3. The number of hydrogen-bond acceptors (Lipinski definition) is 4. The van der Waals surface area contributed by atoms with E-state index in [0.29, 0.717) is 17.3 Å². The normalized spacial score (nSPS) is 10.9. The molecule has 0 aliphatic carbocycles. The third-order valence-corrected chi connectivity index (χ3v) is 4.70. The summed E-state index contributed by atoms with van der Waals surface area (Å²) in [5, 5.41) is 6.56. The van der Waals surface area contributed by atoms with Gasteiger partial charge >= 0.3 is 0 Å². The van der Waals surface area contributed by atoms with Gasteiger partial charge < -0.3 is 9.88 Å². The quantitative estimate of drug-likeness (QED) is 0.516. The van der Waals surface area contributed by atoms with Crippen molar-refractivity contribution in [2.75, 3.05) is 5.32 Å². The van der Waals surface area contributed by atoms with Crippen LogP contribution >= 0.6 is 11.6 Å². The van der Waals surface area contributed by atoms with Crippen molar-refractivity contribution >= 4 is 17.3 Å². The van der Waals surface area contributed by atoms with Crippen LogP contribution in [0.25, 0.3) is 11.4 Å². The van der Waals surface area contributed by atoms with Crippen LogP contribution in [0.3, 0.4) is 0 Å². The predicted molar refractivity (Wildman–Crippen MR) is 106 cm³/mol. The minimum absolute atomic E-state index is 0.164. The van der Waals surface area contributed by atoms with Gasteiger partial charge in [-0.1, -0.05) is 17.7 Å². The van der Waals surface area contributed by atoms with Gasteiger partial charge in [0.15, 0.2) is 5.82 Å². The molecule has 2 heterocycles. The lowest BCUT2D eigenvalue weighted by molar-refractivity contribution is 0.571. The fraction of sp³-hybridized carbons (Fsp3) is 0.0500. The molecular weight excluding hydrogens is 419 g/mol. The molecule has 4 aromatic rings. The van der Waals surface area contributed by atoms with E-state index >= 15 is 0 Å². The van der Waals surface area contributed by atoms with Crippen molar-refractivity contribution in [2.24, 2.45) is 0 Å². The molecule has 0 fully saturated rings. The third-order valence-electron chi connectivity index (χ3n) is 4.33. The zero-order valence-electron chi connectivity index (χ0n) is 15.2. The highest BCUT2D eigenvalue weighted by Gasteiger charge is 2.14. The maximum absolute atomic E-state index is 14.4. The van der Waals surface area contributed by atoms with Gasteiger partial charge in [-0.2, -0.15) is 9.78 Å². The maximum Gasteiger partial charge on any atom is 0.292 e. The molecule has 6 nitrogen and oxygen atoms in total. The minimum Gasteiger partial charge on any atom is -0.378 e. The number of hydrogen-bond donors (Lipinski definition) is 1. The van der Waals surface area contributed by atoms with E-state index in [2.05, 4.69) is 15.4 Å². The first-order chi connectivity index (χ1) is 14.4. The molecule has 2 aromatic carbocycles. The van der Waals surface area contributed by atoms with Gasteiger partial charge in [0.2, 0.25) is 0 Å². The fourth-order valence-corrected chi connectivity index (χ4v) is 3.04. The standard InChI is InChI=1S/C20H13ClF3N5O/c21-19-16(10-27-29(20(19)30)18-4-2-13(22)8-15(18)24)26-9-12-1-3-17(14(23)7-12)28-6-5-25-11-28/h1-8,10-11,26H,9H2. The van der Waals surface area contributed by atoms with Crippen molar-refractivity contribution in [1.82, 2.24) is 19.3 Å². The van der Waals surface area contributed by atoms with Gasteiger partial charge in [-0.05, 0) is 29.8 Å². The summed E-state index contributed by atoms with van der Waals surface area (Å²) in [7, 11) is 0. The summed E-state index contributed by atoms with van der Waals surface area (Å²) in [4.78, 5) is 16.4. The average molecular weight is 432 g/mol. The van der Waals surface area contributed by atoms with Crippen LogP contribution in [-0.4, -0.2) is 19.3 Å². The Kier molecular flexibility index (Phi) is 5.28. The van der Waals surface area contributed by atoms with Crippen LogP contribution in [0.1, 0.15) is 5.56 Å². The number of halogens is 4. The van der Waals surface area contributed by atoms with E-state index in [1.54, 1.807) is 29.1 Å². The molecule has 30 heavy (non-hydrogen) atoms. The molecular formula is C20H13ClF3N5O. The highest BCUT2D eigenvalue weighted by atomic mass is 35.5. The number of nitrogens with zero attached hydrogens (tertiary/aromatic N) is 4. The lowest BCUT2D eigenvalue weighted by Crippen LogP contribution is -2.23. The Morgan fingerprint density at radius 2 is 1.80 bits per heavy atom. The molecule has 4 rings (SSSR count). The van der Waals surface area contributed by atoms with Crippen LogP contribution in [0.2, 0.25) is 5.02 Å². The Labute approximate surface area is 173 Å². The Hall–Kier alpha value is -3.59. The van der Waals surface area contributed by atoms with Gasteiger partial charge in [-0.25, -0.2) is 18.2 Å². The molecule has 0 unspecified atom stereocenters. The molecule has 0 atom stereocenters. The lowest BCUT2D eigenvalue weighted by atomic mass is 10.2. The molecule has 152 valence electrons. The van der Waals surface area contributed by atoms with Gasteiger partial charge in [-0.3, -0.25) is 4.79 Å². The maximum atomic E-state index is 14.4. The van der Waals surface area contributed by atoms with E-state index in [4.69, 9.17) is 11.6 Å². The molecule has 0 aliphatic heterocycles. The van der Waals surface area contributed by atoms with Crippen molar-refractivity contribution in [3.05, 3.63) is 99.7 Å². The van der Waals surface area contributed by atoms with E-state index in [0.717, 1.165) is 16.8 Å². The summed E-state index contributed by atoms with van der Waals surface area (Å²) >= 11 is 6.11. The molecule has 0 amide bonds. The number of rotatable bonds is 5. The topological polar surface area (TPSA) is 64.7 Å². The largest absolute Gasteiger partial charge is 0.378 e. The van der Waals surface area contributed by atoms with Crippen LogP contribution in [0.5, 0.6) is 0 Å². The van der Waals surface area contributed by atoms with E-state index in [-0.39, 0.29) is 22.9 Å².